The Labute approximate surface area is 129 Å². The minimum Gasteiger partial charge on any atom is -0.378 e. The number of carbonyl (C=O) groups excluding carboxylic acids is 2. The molecule has 1 aliphatic heterocycles. The maximum Gasteiger partial charge on any atom is 0.256 e. The van der Waals surface area contributed by atoms with E-state index in [2.05, 4.69) is 4.57 Å². The van der Waals surface area contributed by atoms with E-state index in [9.17, 15) is 9.59 Å². The van der Waals surface area contributed by atoms with Crippen LogP contribution in [-0.4, -0.2) is 48.0 Å². The van der Waals surface area contributed by atoms with Crippen molar-refractivity contribution in [3.63, 3.8) is 0 Å². The van der Waals surface area contributed by atoms with Crippen LogP contribution in [0, 0.1) is 0 Å². The van der Waals surface area contributed by atoms with Gasteiger partial charge < -0.3 is 19.0 Å². The molecule has 116 valence electrons. The monoisotopic (exact) mass is 300 g/mol. The smallest absolute Gasteiger partial charge is 0.256 e. The van der Waals surface area contributed by atoms with Gasteiger partial charge >= 0.3 is 0 Å². The normalized spacial score (nSPS) is 15.2. The molecule has 1 aromatic heterocycles. The Kier molecular flexibility index (Phi) is 4.53. The van der Waals surface area contributed by atoms with E-state index < -0.39 is 0 Å². The van der Waals surface area contributed by atoms with Crippen molar-refractivity contribution in [2.75, 3.05) is 26.3 Å². The van der Waals surface area contributed by atoms with Gasteiger partial charge in [-0.15, -0.1) is 0 Å². The predicted octanol–water partition coefficient (Wildman–Crippen LogP) is 2.09. The molecule has 2 aromatic rings. The van der Waals surface area contributed by atoms with Crippen molar-refractivity contribution >= 4 is 23.1 Å². The fraction of sp³-hybridized carbons (Fsp3) is 0.412. The van der Waals surface area contributed by atoms with Gasteiger partial charge in [0.05, 0.1) is 18.8 Å². The Balaban J connectivity index is 1.91. The summed E-state index contributed by atoms with van der Waals surface area (Å²) in [5.74, 6) is 0.0636. The topological polar surface area (TPSA) is 51.5 Å². The number of aromatic nitrogens is 1. The zero-order chi connectivity index (χ0) is 15.4. The Morgan fingerprint density at radius 1 is 1.23 bits per heavy atom. The lowest BCUT2D eigenvalue weighted by atomic mass is 10.1. The van der Waals surface area contributed by atoms with E-state index in [-0.39, 0.29) is 5.91 Å². The molecule has 0 radical (unpaired) electrons. The lowest BCUT2D eigenvalue weighted by Gasteiger charge is -2.26. The number of para-hydroxylation sites is 1. The number of carbonyl (C=O) groups is 2. The van der Waals surface area contributed by atoms with Crippen LogP contribution in [0.3, 0.4) is 0 Å². The number of benzene rings is 1. The maximum absolute atomic E-state index is 12.8. The first-order valence-electron chi connectivity index (χ1n) is 7.70. The molecule has 0 atom stereocenters. The largest absolute Gasteiger partial charge is 0.378 e. The SMILES string of the molecule is O=CCCCn1cc(C(=O)N2CCOCC2)c2ccccc21. The van der Waals surface area contributed by atoms with Crippen molar-refractivity contribution < 1.29 is 14.3 Å². The quantitative estimate of drug-likeness (QED) is 0.627. The van der Waals surface area contributed by atoms with Crippen molar-refractivity contribution in [3.8, 4) is 0 Å². The Morgan fingerprint density at radius 3 is 2.77 bits per heavy atom. The standard InChI is InChI=1S/C17H20N2O3/c20-10-4-3-7-19-13-15(14-5-1-2-6-16(14)19)17(21)18-8-11-22-12-9-18/h1-2,5-6,10,13H,3-4,7-9,11-12H2. The minimum absolute atomic E-state index is 0.0636. The molecule has 1 aromatic carbocycles. The van der Waals surface area contributed by atoms with Gasteiger partial charge in [-0.3, -0.25) is 4.79 Å². The van der Waals surface area contributed by atoms with Crippen LogP contribution in [-0.2, 0) is 16.1 Å². The number of rotatable bonds is 5. The van der Waals surface area contributed by atoms with Crippen LogP contribution < -0.4 is 0 Å². The molecule has 0 N–H and O–H groups in total. The van der Waals surface area contributed by atoms with Crippen LogP contribution >= 0.6 is 0 Å². The van der Waals surface area contributed by atoms with Crippen molar-refractivity contribution in [3.05, 3.63) is 36.0 Å². The van der Waals surface area contributed by atoms with Crippen molar-refractivity contribution in [1.29, 1.82) is 0 Å². The molecule has 3 rings (SSSR count). The Morgan fingerprint density at radius 2 is 2.00 bits per heavy atom. The number of unbranched alkanes of at least 4 members (excludes halogenated alkanes) is 1. The van der Waals surface area contributed by atoms with Crippen molar-refractivity contribution in [2.24, 2.45) is 0 Å². The molecule has 0 unspecified atom stereocenters. The van der Waals surface area contributed by atoms with E-state index in [4.69, 9.17) is 4.74 Å². The number of fused-ring (bicyclic) bond motifs is 1. The molecular weight excluding hydrogens is 280 g/mol. The highest BCUT2D eigenvalue weighted by atomic mass is 16.5. The zero-order valence-corrected chi connectivity index (χ0v) is 12.5. The third-order valence-electron chi connectivity index (χ3n) is 4.04. The highest BCUT2D eigenvalue weighted by Gasteiger charge is 2.22. The summed E-state index contributed by atoms with van der Waals surface area (Å²) in [5, 5.41) is 0.977. The van der Waals surface area contributed by atoms with Gasteiger partial charge in [0.2, 0.25) is 0 Å². The average Bonchev–Trinajstić information content (AvgIpc) is 2.94. The second kappa shape index (κ2) is 6.75. The Hall–Kier alpha value is -2.14. The summed E-state index contributed by atoms with van der Waals surface area (Å²) in [6, 6.07) is 7.93. The highest BCUT2D eigenvalue weighted by Crippen LogP contribution is 2.23. The van der Waals surface area contributed by atoms with E-state index in [1.807, 2.05) is 35.4 Å². The predicted molar refractivity (Wildman–Crippen MR) is 84.0 cm³/mol. The minimum atomic E-state index is 0.0636. The van der Waals surface area contributed by atoms with E-state index >= 15 is 0 Å². The summed E-state index contributed by atoms with van der Waals surface area (Å²) < 4.78 is 7.39. The molecule has 0 spiro atoms. The first-order valence-corrected chi connectivity index (χ1v) is 7.70. The van der Waals surface area contributed by atoms with Crippen LogP contribution in [0.2, 0.25) is 0 Å². The summed E-state index contributed by atoms with van der Waals surface area (Å²) in [4.78, 5) is 25.1. The molecule has 0 aliphatic carbocycles. The second-order valence-electron chi connectivity index (χ2n) is 5.47. The van der Waals surface area contributed by atoms with Gasteiger partial charge in [-0.2, -0.15) is 0 Å². The molecule has 0 saturated carbocycles. The lowest BCUT2D eigenvalue weighted by Crippen LogP contribution is -2.40. The van der Waals surface area contributed by atoms with E-state index in [1.165, 1.54) is 0 Å². The maximum atomic E-state index is 12.8. The van der Waals surface area contributed by atoms with Crippen molar-refractivity contribution in [1.82, 2.24) is 9.47 Å². The summed E-state index contributed by atoms with van der Waals surface area (Å²) in [6.45, 7) is 3.23. The fourth-order valence-corrected chi connectivity index (χ4v) is 2.88. The molecular formula is C17H20N2O3. The van der Waals surface area contributed by atoms with Crippen LogP contribution in [0.5, 0.6) is 0 Å². The number of nitrogens with zero attached hydrogens (tertiary/aromatic N) is 2. The first kappa shape index (κ1) is 14.8. The number of aryl methyl sites for hydroxylation is 1. The molecule has 5 heteroatoms. The second-order valence-corrected chi connectivity index (χ2v) is 5.47. The van der Waals surface area contributed by atoms with Gasteiger partial charge in [-0.25, -0.2) is 0 Å². The highest BCUT2D eigenvalue weighted by molar-refractivity contribution is 6.07. The van der Waals surface area contributed by atoms with Gasteiger partial charge in [0, 0.05) is 43.2 Å². The molecule has 5 nitrogen and oxygen atoms in total. The van der Waals surface area contributed by atoms with E-state index in [0.29, 0.717) is 32.7 Å². The molecule has 22 heavy (non-hydrogen) atoms. The van der Waals surface area contributed by atoms with Crippen molar-refractivity contribution in [2.45, 2.75) is 19.4 Å². The fourth-order valence-electron chi connectivity index (χ4n) is 2.88. The summed E-state index contributed by atoms with van der Waals surface area (Å²) in [5.41, 5.74) is 1.79. The molecule has 1 saturated heterocycles. The molecule has 1 aliphatic rings. The molecule has 1 fully saturated rings. The molecule has 1 amide bonds. The van der Waals surface area contributed by atoms with Crippen LogP contribution in [0.4, 0.5) is 0 Å². The lowest BCUT2D eigenvalue weighted by molar-refractivity contribution is -0.107. The zero-order valence-electron chi connectivity index (χ0n) is 12.5. The van der Waals surface area contributed by atoms with Gasteiger partial charge in [0.1, 0.15) is 6.29 Å². The van der Waals surface area contributed by atoms with Gasteiger partial charge in [-0.05, 0) is 12.5 Å². The third-order valence-corrected chi connectivity index (χ3v) is 4.04. The number of ether oxygens (including phenoxy) is 1. The van der Waals surface area contributed by atoms with E-state index in [0.717, 1.165) is 35.7 Å². The molecule has 0 bridgehead atoms. The molecule has 2 heterocycles. The number of amides is 1. The number of morpholine rings is 1. The van der Waals surface area contributed by atoms with Crippen LogP contribution in [0.15, 0.2) is 30.5 Å². The van der Waals surface area contributed by atoms with Gasteiger partial charge in [-0.1, -0.05) is 18.2 Å². The van der Waals surface area contributed by atoms with Gasteiger partial charge in [0.25, 0.3) is 5.91 Å². The first-order chi connectivity index (χ1) is 10.8. The number of hydrogen-bond donors (Lipinski definition) is 0. The number of aldehydes is 1. The number of hydrogen-bond acceptors (Lipinski definition) is 3. The average molecular weight is 300 g/mol. The van der Waals surface area contributed by atoms with Gasteiger partial charge in [0.15, 0.2) is 0 Å². The summed E-state index contributed by atoms with van der Waals surface area (Å²) in [7, 11) is 0. The van der Waals surface area contributed by atoms with Crippen LogP contribution in [0.25, 0.3) is 10.9 Å². The third kappa shape index (κ3) is 2.90. The summed E-state index contributed by atoms with van der Waals surface area (Å²) in [6.07, 6.45) is 4.19. The summed E-state index contributed by atoms with van der Waals surface area (Å²) >= 11 is 0. The Bertz CT molecular complexity index is 672. The van der Waals surface area contributed by atoms with Crippen LogP contribution in [0.1, 0.15) is 23.2 Å². The van der Waals surface area contributed by atoms with E-state index in [1.54, 1.807) is 0 Å².